The zero-order chi connectivity index (χ0) is 25.1. The van der Waals surface area contributed by atoms with E-state index in [-0.39, 0.29) is 5.41 Å². The van der Waals surface area contributed by atoms with Gasteiger partial charge in [0.2, 0.25) is 0 Å². The van der Waals surface area contributed by atoms with Gasteiger partial charge in [-0.15, -0.1) is 0 Å². The van der Waals surface area contributed by atoms with Crippen LogP contribution in [0.3, 0.4) is 0 Å². The van der Waals surface area contributed by atoms with Gasteiger partial charge < -0.3 is 5.32 Å². The Morgan fingerprint density at radius 2 is 1.21 bits per heavy atom. The van der Waals surface area contributed by atoms with E-state index in [9.17, 15) is 0 Å². The highest BCUT2D eigenvalue weighted by molar-refractivity contribution is 5.99. The molecule has 3 aliphatic carbocycles. The molecule has 5 aromatic carbocycles. The summed E-state index contributed by atoms with van der Waals surface area (Å²) >= 11 is 0. The highest BCUT2D eigenvalue weighted by atomic mass is 14.9. The third-order valence-corrected chi connectivity index (χ3v) is 8.58. The van der Waals surface area contributed by atoms with E-state index in [2.05, 4.69) is 139 Å². The van der Waals surface area contributed by atoms with Crippen LogP contribution in [0.25, 0.3) is 27.8 Å². The Morgan fingerprint density at radius 3 is 2.03 bits per heavy atom. The maximum atomic E-state index is 3.85. The van der Waals surface area contributed by atoms with Crippen LogP contribution < -0.4 is 5.32 Å². The molecule has 1 heteroatoms. The van der Waals surface area contributed by atoms with Crippen molar-refractivity contribution >= 4 is 16.9 Å². The van der Waals surface area contributed by atoms with E-state index in [0.717, 1.165) is 18.5 Å². The fraction of sp³-hybridized carbons (Fsp3) is 0.0811. The average Bonchev–Trinajstić information content (AvgIpc) is 3.46. The molecule has 1 nitrogen and oxygen atoms in total. The second-order valence-electron chi connectivity index (χ2n) is 10.5. The molecular weight excluding hydrogens is 458 g/mol. The van der Waals surface area contributed by atoms with Gasteiger partial charge in [0, 0.05) is 16.9 Å². The van der Waals surface area contributed by atoms with Crippen molar-refractivity contribution in [1.29, 1.82) is 0 Å². The summed E-state index contributed by atoms with van der Waals surface area (Å²) in [7, 11) is 0. The predicted molar refractivity (Wildman–Crippen MR) is 159 cm³/mol. The largest absolute Gasteiger partial charge is 0.355 e. The number of allylic oxidation sites excluding steroid dienone is 4. The van der Waals surface area contributed by atoms with Crippen molar-refractivity contribution in [2.24, 2.45) is 0 Å². The minimum atomic E-state index is -0.268. The number of fused-ring (bicyclic) bond motifs is 9. The van der Waals surface area contributed by atoms with E-state index in [0.29, 0.717) is 0 Å². The summed E-state index contributed by atoms with van der Waals surface area (Å²) in [6, 6.07) is 44.3. The first-order valence-corrected chi connectivity index (χ1v) is 13.5. The molecule has 0 amide bonds. The molecule has 5 aromatic rings. The molecule has 38 heavy (non-hydrogen) atoms. The quantitative estimate of drug-likeness (QED) is 0.268. The van der Waals surface area contributed by atoms with E-state index in [4.69, 9.17) is 0 Å². The highest BCUT2D eigenvalue weighted by Gasteiger charge is 2.53. The number of nitrogens with one attached hydrogen (secondary N) is 1. The molecule has 1 spiro atoms. The van der Waals surface area contributed by atoms with Gasteiger partial charge in [-0.1, -0.05) is 115 Å². The number of benzene rings is 5. The summed E-state index contributed by atoms with van der Waals surface area (Å²) in [6.07, 6.45) is 6.87. The molecule has 0 aromatic heterocycles. The molecule has 0 aliphatic heterocycles. The van der Waals surface area contributed by atoms with Crippen LogP contribution in [0.4, 0.5) is 11.4 Å². The Bertz CT molecular complexity index is 1770. The molecule has 0 radical (unpaired) electrons. The molecular formula is C37H27N. The lowest BCUT2D eigenvalue weighted by Gasteiger charge is -2.34. The number of rotatable bonds is 3. The molecule has 0 bridgehead atoms. The lowest BCUT2D eigenvalue weighted by Crippen LogP contribution is -2.28. The molecule has 1 N–H and O–H groups in total. The van der Waals surface area contributed by atoms with Crippen molar-refractivity contribution in [3.8, 4) is 22.3 Å². The molecule has 180 valence electrons. The monoisotopic (exact) mass is 485 g/mol. The highest BCUT2D eigenvalue weighted by Crippen LogP contribution is 2.65. The Hall–Kier alpha value is -4.62. The maximum absolute atomic E-state index is 3.85. The molecule has 0 saturated heterocycles. The average molecular weight is 486 g/mol. The normalized spacial score (nSPS) is 18.2. The van der Waals surface area contributed by atoms with Crippen LogP contribution in [0.15, 0.2) is 139 Å². The summed E-state index contributed by atoms with van der Waals surface area (Å²) in [5.74, 6) is 0. The minimum absolute atomic E-state index is 0.268. The lowest BCUT2D eigenvalue weighted by atomic mass is 9.67. The van der Waals surface area contributed by atoms with Gasteiger partial charge >= 0.3 is 0 Å². The van der Waals surface area contributed by atoms with Crippen LogP contribution in [0, 0.1) is 0 Å². The molecule has 3 aliphatic rings. The van der Waals surface area contributed by atoms with Crippen molar-refractivity contribution in [2.45, 2.75) is 18.3 Å². The zero-order valence-corrected chi connectivity index (χ0v) is 21.1. The van der Waals surface area contributed by atoms with Gasteiger partial charge in [0.25, 0.3) is 0 Å². The summed E-state index contributed by atoms with van der Waals surface area (Å²) in [6.45, 7) is 0. The van der Waals surface area contributed by atoms with Crippen molar-refractivity contribution in [3.05, 3.63) is 161 Å². The van der Waals surface area contributed by atoms with Crippen LogP contribution in [0.2, 0.25) is 0 Å². The minimum Gasteiger partial charge on any atom is -0.355 e. The van der Waals surface area contributed by atoms with Crippen molar-refractivity contribution in [2.75, 3.05) is 5.32 Å². The number of anilines is 2. The van der Waals surface area contributed by atoms with Crippen LogP contribution >= 0.6 is 0 Å². The SMILES string of the molecule is C1=CC2=C(CC1)[C@]1(c3ccccc32)c2ccccc2-c2cccc(Nc3ccc(-c4ccccc4)cc3)c21. The number of hydrogen-bond acceptors (Lipinski definition) is 1. The van der Waals surface area contributed by atoms with Gasteiger partial charge in [0.15, 0.2) is 0 Å². The second kappa shape index (κ2) is 8.19. The molecule has 0 fully saturated rings. The van der Waals surface area contributed by atoms with E-state index in [1.165, 1.54) is 55.8 Å². The Morgan fingerprint density at radius 1 is 0.553 bits per heavy atom. The van der Waals surface area contributed by atoms with Crippen molar-refractivity contribution in [1.82, 2.24) is 0 Å². The number of hydrogen-bond donors (Lipinski definition) is 1. The van der Waals surface area contributed by atoms with Crippen LogP contribution in [0.5, 0.6) is 0 Å². The van der Waals surface area contributed by atoms with E-state index in [1.54, 1.807) is 5.57 Å². The standard InChI is InChI=1S/C37H27N/c1-2-11-25(12-3-1)26-21-23-27(24-22-26)38-35-20-10-16-31-30-15-6-9-19-34(30)37(36(31)35)32-17-7-4-13-28(32)29-14-5-8-18-33(29)37/h1-7,9-17,19-24,38H,8,18H2/t37-/m1/s1. The first-order chi connectivity index (χ1) is 18.9. The summed E-state index contributed by atoms with van der Waals surface area (Å²) in [5, 5.41) is 3.85. The van der Waals surface area contributed by atoms with E-state index >= 15 is 0 Å². The zero-order valence-electron chi connectivity index (χ0n) is 21.1. The maximum Gasteiger partial charge on any atom is 0.0709 e. The van der Waals surface area contributed by atoms with Crippen molar-refractivity contribution < 1.29 is 0 Å². The Balaban J connectivity index is 1.33. The molecule has 0 saturated carbocycles. The van der Waals surface area contributed by atoms with Gasteiger partial charge in [-0.2, -0.15) is 0 Å². The van der Waals surface area contributed by atoms with Gasteiger partial charge in [-0.25, -0.2) is 0 Å². The first kappa shape index (κ1) is 21.5. The summed E-state index contributed by atoms with van der Waals surface area (Å²) in [5.41, 5.74) is 15.7. The third-order valence-electron chi connectivity index (χ3n) is 8.58. The van der Waals surface area contributed by atoms with E-state index in [1.807, 2.05) is 0 Å². The lowest BCUT2D eigenvalue weighted by molar-refractivity contribution is 0.716. The second-order valence-corrected chi connectivity index (χ2v) is 10.5. The van der Waals surface area contributed by atoms with Crippen molar-refractivity contribution in [3.63, 3.8) is 0 Å². The van der Waals surface area contributed by atoms with Crippen LogP contribution in [-0.2, 0) is 5.41 Å². The topological polar surface area (TPSA) is 12.0 Å². The van der Waals surface area contributed by atoms with E-state index < -0.39 is 0 Å². The molecule has 8 rings (SSSR count). The predicted octanol–water partition coefficient (Wildman–Crippen LogP) is 9.53. The smallest absolute Gasteiger partial charge is 0.0709 e. The van der Waals surface area contributed by atoms with Crippen LogP contribution in [-0.4, -0.2) is 0 Å². The summed E-state index contributed by atoms with van der Waals surface area (Å²) < 4.78 is 0. The Labute approximate surface area is 223 Å². The fourth-order valence-electron chi connectivity index (χ4n) is 7.10. The summed E-state index contributed by atoms with van der Waals surface area (Å²) in [4.78, 5) is 0. The third kappa shape index (κ3) is 2.87. The van der Waals surface area contributed by atoms with Gasteiger partial charge in [-0.3, -0.25) is 0 Å². The molecule has 0 unspecified atom stereocenters. The molecule has 0 heterocycles. The van der Waals surface area contributed by atoms with Gasteiger partial charge in [-0.05, 0) is 81.1 Å². The Kier molecular flexibility index (Phi) is 4.63. The first-order valence-electron chi connectivity index (χ1n) is 13.5. The fourth-order valence-corrected chi connectivity index (χ4v) is 7.10. The van der Waals surface area contributed by atoms with Gasteiger partial charge in [0.1, 0.15) is 0 Å². The molecule has 1 atom stereocenters. The van der Waals surface area contributed by atoms with Crippen LogP contribution in [0.1, 0.15) is 35.1 Å². The van der Waals surface area contributed by atoms with Gasteiger partial charge in [0.05, 0.1) is 5.41 Å².